The van der Waals surface area contributed by atoms with E-state index < -0.39 is 29.1 Å². The third kappa shape index (κ3) is 6.99. The van der Waals surface area contributed by atoms with Crippen LogP contribution in [0, 0.1) is 5.92 Å². The van der Waals surface area contributed by atoms with Crippen molar-refractivity contribution in [2.75, 3.05) is 0 Å². The van der Waals surface area contributed by atoms with E-state index >= 15 is 0 Å². The number of carbonyl (C=O) groups excluding carboxylic acids is 2. The SMILES string of the molecule is CC(C)(C)OC(=O)C(Cc1ccc(-c2nc3cccc(O)c3nc2-c2ccccc2)cc1)C(=O)OC(C)(C)C. The Bertz CT molecular complexity index is 1460. The van der Waals surface area contributed by atoms with Crippen LogP contribution >= 0.6 is 0 Å². The average Bonchev–Trinajstić information content (AvgIpc) is 2.85. The van der Waals surface area contributed by atoms with Gasteiger partial charge in [0.2, 0.25) is 0 Å². The second kappa shape index (κ2) is 10.8. The number of para-hydroxylation sites is 1. The van der Waals surface area contributed by atoms with Crippen molar-refractivity contribution < 1.29 is 24.2 Å². The summed E-state index contributed by atoms with van der Waals surface area (Å²) in [5, 5.41) is 10.4. The van der Waals surface area contributed by atoms with Crippen molar-refractivity contribution in [2.24, 2.45) is 5.92 Å². The normalized spacial score (nSPS) is 12.0. The van der Waals surface area contributed by atoms with Crippen molar-refractivity contribution in [3.8, 4) is 28.3 Å². The Kier molecular flexibility index (Phi) is 7.72. The van der Waals surface area contributed by atoms with Crippen molar-refractivity contribution in [1.82, 2.24) is 9.97 Å². The molecule has 0 amide bonds. The highest BCUT2D eigenvalue weighted by Crippen LogP contribution is 2.33. The van der Waals surface area contributed by atoms with Gasteiger partial charge in [0.25, 0.3) is 0 Å². The molecule has 0 aliphatic rings. The number of phenols is 1. The second-order valence-electron chi connectivity index (χ2n) is 11.5. The zero-order valence-corrected chi connectivity index (χ0v) is 23.2. The molecular formula is C32H34N2O5. The highest BCUT2D eigenvalue weighted by molar-refractivity contribution is 5.95. The fraction of sp³-hybridized carbons (Fsp3) is 0.312. The van der Waals surface area contributed by atoms with Gasteiger partial charge in [-0.2, -0.15) is 0 Å². The maximum Gasteiger partial charge on any atom is 0.321 e. The Morgan fingerprint density at radius 2 is 1.26 bits per heavy atom. The molecule has 0 saturated heterocycles. The van der Waals surface area contributed by atoms with Gasteiger partial charge in [-0.15, -0.1) is 0 Å². The maximum absolute atomic E-state index is 13.0. The molecule has 0 fully saturated rings. The maximum atomic E-state index is 13.0. The van der Waals surface area contributed by atoms with E-state index in [1.165, 1.54) is 0 Å². The molecule has 4 rings (SSSR count). The Hall–Kier alpha value is -4.26. The Morgan fingerprint density at radius 3 is 1.82 bits per heavy atom. The first-order valence-corrected chi connectivity index (χ1v) is 12.9. The lowest BCUT2D eigenvalue weighted by Gasteiger charge is -2.26. The summed E-state index contributed by atoms with van der Waals surface area (Å²) in [6.07, 6.45) is 0.132. The Labute approximate surface area is 228 Å². The molecule has 39 heavy (non-hydrogen) atoms. The first-order valence-electron chi connectivity index (χ1n) is 12.9. The van der Waals surface area contributed by atoms with Crippen molar-refractivity contribution in [2.45, 2.75) is 59.2 Å². The minimum absolute atomic E-state index is 0.0643. The summed E-state index contributed by atoms with van der Waals surface area (Å²) in [5.74, 6) is -2.27. The molecule has 1 heterocycles. The van der Waals surface area contributed by atoms with E-state index in [2.05, 4.69) is 0 Å². The number of rotatable bonds is 6. The lowest BCUT2D eigenvalue weighted by Crippen LogP contribution is -2.38. The van der Waals surface area contributed by atoms with Crippen molar-refractivity contribution in [1.29, 1.82) is 0 Å². The van der Waals surface area contributed by atoms with Gasteiger partial charge < -0.3 is 14.6 Å². The van der Waals surface area contributed by atoms with Gasteiger partial charge in [0.1, 0.15) is 22.5 Å². The number of aromatic hydroxyl groups is 1. The third-order valence-corrected chi connectivity index (χ3v) is 5.77. The highest BCUT2D eigenvalue weighted by Gasteiger charge is 2.35. The van der Waals surface area contributed by atoms with Crippen molar-refractivity contribution >= 4 is 23.0 Å². The third-order valence-electron chi connectivity index (χ3n) is 5.77. The van der Waals surface area contributed by atoms with Crippen LogP contribution in [0.25, 0.3) is 33.5 Å². The number of fused-ring (bicyclic) bond motifs is 1. The zero-order valence-electron chi connectivity index (χ0n) is 23.2. The van der Waals surface area contributed by atoms with Gasteiger partial charge in [-0.3, -0.25) is 9.59 Å². The van der Waals surface area contributed by atoms with E-state index in [1.54, 1.807) is 59.7 Å². The number of carbonyl (C=O) groups is 2. The molecule has 0 unspecified atom stereocenters. The molecule has 0 radical (unpaired) electrons. The number of aromatic nitrogens is 2. The molecule has 1 N–H and O–H groups in total. The van der Waals surface area contributed by atoms with E-state index in [0.717, 1.165) is 16.7 Å². The summed E-state index contributed by atoms with van der Waals surface area (Å²) in [5.41, 5.74) is 3.26. The largest absolute Gasteiger partial charge is 0.506 e. The van der Waals surface area contributed by atoms with Gasteiger partial charge in [0, 0.05) is 11.1 Å². The fourth-order valence-electron chi connectivity index (χ4n) is 4.10. The summed E-state index contributed by atoms with van der Waals surface area (Å²) in [6, 6.07) is 22.3. The number of nitrogens with zero attached hydrogens (tertiary/aromatic N) is 2. The van der Waals surface area contributed by atoms with Gasteiger partial charge in [-0.05, 0) is 65.7 Å². The molecule has 7 nitrogen and oxygen atoms in total. The van der Waals surface area contributed by atoms with Crippen LogP contribution in [0.15, 0.2) is 72.8 Å². The number of esters is 2. The molecule has 4 aromatic rings. The number of hydrogen-bond acceptors (Lipinski definition) is 7. The fourth-order valence-corrected chi connectivity index (χ4v) is 4.10. The van der Waals surface area contributed by atoms with Gasteiger partial charge in [0.05, 0.1) is 16.9 Å². The molecule has 0 bridgehead atoms. The van der Waals surface area contributed by atoms with Crippen LogP contribution in [0.1, 0.15) is 47.1 Å². The lowest BCUT2D eigenvalue weighted by atomic mass is 9.96. The monoisotopic (exact) mass is 526 g/mol. The van der Waals surface area contributed by atoms with Crippen molar-refractivity contribution in [3.63, 3.8) is 0 Å². The zero-order chi connectivity index (χ0) is 28.4. The predicted octanol–water partition coefficient (Wildman–Crippen LogP) is 6.51. The molecule has 1 aromatic heterocycles. The van der Waals surface area contributed by atoms with E-state index in [1.807, 2.05) is 54.6 Å². The van der Waals surface area contributed by atoms with Crippen LogP contribution in [0.4, 0.5) is 0 Å². The van der Waals surface area contributed by atoms with Gasteiger partial charge in [-0.1, -0.05) is 60.7 Å². The minimum Gasteiger partial charge on any atom is -0.506 e. The van der Waals surface area contributed by atoms with Crippen LogP contribution in [0.5, 0.6) is 5.75 Å². The van der Waals surface area contributed by atoms with E-state index in [4.69, 9.17) is 19.4 Å². The number of phenolic OH excluding ortho intramolecular Hbond substituents is 1. The molecule has 202 valence electrons. The molecule has 0 aliphatic heterocycles. The number of ether oxygens (including phenoxy) is 2. The number of benzene rings is 3. The van der Waals surface area contributed by atoms with E-state index in [9.17, 15) is 14.7 Å². The topological polar surface area (TPSA) is 98.6 Å². The molecular weight excluding hydrogens is 492 g/mol. The summed E-state index contributed by atoms with van der Waals surface area (Å²) in [4.78, 5) is 35.6. The van der Waals surface area contributed by atoms with E-state index in [-0.39, 0.29) is 12.2 Å². The van der Waals surface area contributed by atoms with Crippen LogP contribution in [-0.4, -0.2) is 38.2 Å². The van der Waals surface area contributed by atoms with Crippen LogP contribution in [-0.2, 0) is 25.5 Å². The Morgan fingerprint density at radius 1 is 0.718 bits per heavy atom. The van der Waals surface area contributed by atoms with Crippen LogP contribution in [0.3, 0.4) is 0 Å². The molecule has 3 aromatic carbocycles. The summed E-state index contributed by atoms with van der Waals surface area (Å²) >= 11 is 0. The highest BCUT2D eigenvalue weighted by atomic mass is 16.6. The number of hydrogen-bond donors (Lipinski definition) is 1. The van der Waals surface area contributed by atoms with E-state index in [0.29, 0.717) is 22.4 Å². The Balaban J connectivity index is 1.70. The average molecular weight is 527 g/mol. The molecule has 0 atom stereocenters. The van der Waals surface area contributed by atoms with Crippen molar-refractivity contribution in [3.05, 3.63) is 78.4 Å². The molecule has 0 saturated carbocycles. The first-order chi connectivity index (χ1) is 18.3. The standard InChI is InChI=1S/C32H34N2O5/c1-31(2,3)38-29(36)23(30(37)39-32(4,5)6)19-20-15-17-22(18-16-20)26-27(21-11-8-7-9-12-21)34-28-24(33-26)13-10-14-25(28)35/h7-18,23,35H,19H2,1-6H3. The first kappa shape index (κ1) is 27.8. The van der Waals surface area contributed by atoms with Gasteiger partial charge in [-0.25, -0.2) is 9.97 Å². The van der Waals surface area contributed by atoms with Crippen LogP contribution in [0.2, 0.25) is 0 Å². The second-order valence-corrected chi connectivity index (χ2v) is 11.5. The van der Waals surface area contributed by atoms with Gasteiger partial charge >= 0.3 is 11.9 Å². The summed E-state index contributed by atoms with van der Waals surface area (Å²) in [6.45, 7) is 10.6. The summed E-state index contributed by atoms with van der Waals surface area (Å²) in [7, 11) is 0. The quantitative estimate of drug-likeness (QED) is 0.226. The molecule has 0 aliphatic carbocycles. The molecule has 7 heteroatoms. The lowest BCUT2D eigenvalue weighted by molar-refractivity contribution is -0.174. The smallest absolute Gasteiger partial charge is 0.321 e. The molecule has 0 spiro atoms. The van der Waals surface area contributed by atoms with Gasteiger partial charge in [0.15, 0.2) is 5.92 Å². The predicted molar refractivity (Wildman–Crippen MR) is 151 cm³/mol. The van der Waals surface area contributed by atoms with Crippen LogP contribution < -0.4 is 0 Å². The summed E-state index contributed by atoms with van der Waals surface area (Å²) < 4.78 is 11.1. The minimum atomic E-state index is -1.10.